The van der Waals surface area contributed by atoms with Gasteiger partial charge in [0, 0.05) is 13.1 Å². The number of aliphatic hydroxyl groups is 1. The second-order valence-electron chi connectivity index (χ2n) is 6.82. The summed E-state index contributed by atoms with van der Waals surface area (Å²) in [7, 11) is 0. The molecule has 1 aliphatic heterocycles. The van der Waals surface area contributed by atoms with E-state index in [9.17, 15) is 5.11 Å². The number of rotatable bonds is 6. The Balaban J connectivity index is 1.37. The third-order valence-corrected chi connectivity index (χ3v) is 4.89. The van der Waals surface area contributed by atoms with Crippen LogP contribution in [0, 0.1) is 5.92 Å². The summed E-state index contributed by atoms with van der Waals surface area (Å²) in [5.74, 6) is 0.624. The van der Waals surface area contributed by atoms with Crippen LogP contribution in [0.3, 0.4) is 0 Å². The van der Waals surface area contributed by atoms with E-state index in [1.165, 1.54) is 24.8 Å². The van der Waals surface area contributed by atoms with Crippen molar-refractivity contribution in [1.29, 1.82) is 0 Å². The van der Waals surface area contributed by atoms with E-state index in [-0.39, 0.29) is 0 Å². The lowest BCUT2D eigenvalue weighted by atomic mass is 10.0. The van der Waals surface area contributed by atoms with Gasteiger partial charge in [0.15, 0.2) is 0 Å². The van der Waals surface area contributed by atoms with Gasteiger partial charge in [0.2, 0.25) is 0 Å². The number of benzene rings is 1. The molecule has 1 aromatic carbocycles. The molecule has 3 nitrogen and oxygen atoms in total. The predicted molar refractivity (Wildman–Crippen MR) is 84.1 cm³/mol. The van der Waals surface area contributed by atoms with Gasteiger partial charge >= 0.3 is 0 Å². The molecule has 3 rings (SSSR count). The van der Waals surface area contributed by atoms with Gasteiger partial charge in [0.05, 0.1) is 18.8 Å². The smallest absolute Gasteiger partial charge is 0.0774 e. The molecule has 3 heteroatoms. The molecule has 21 heavy (non-hydrogen) atoms. The molecule has 1 saturated heterocycles. The normalized spacial score (nSPS) is 25.5. The van der Waals surface area contributed by atoms with Crippen LogP contribution in [-0.4, -0.2) is 41.8 Å². The van der Waals surface area contributed by atoms with Crippen molar-refractivity contribution in [2.75, 3.05) is 26.2 Å². The predicted octanol–water partition coefficient (Wildman–Crippen LogP) is 2.83. The highest BCUT2D eigenvalue weighted by Crippen LogP contribution is 2.31. The molecule has 2 aliphatic rings. The Hall–Kier alpha value is -0.900. The van der Waals surface area contributed by atoms with Crippen LogP contribution < -0.4 is 0 Å². The number of nitrogens with zero attached hydrogens (tertiary/aromatic N) is 1. The van der Waals surface area contributed by atoms with Crippen molar-refractivity contribution >= 4 is 0 Å². The second-order valence-corrected chi connectivity index (χ2v) is 6.82. The monoisotopic (exact) mass is 289 g/mol. The molecule has 1 heterocycles. The van der Waals surface area contributed by atoms with Gasteiger partial charge in [0.1, 0.15) is 0 Å². The van der Waals surface area contributed by atoms with Crippen molar-refractivity contribution in [3.05, 3.63) is 35.9 Å². The lowest BCUT2D eigenvalue weighted by Crippen LogP contribution is -2.40. The summed E-state index contributed by atoms with van der Waals surface area (Å²) >= 11 is 0. The molecule has 1 aliphatic carbocycles. The maximum atomic E-state index is 10.5. The molecule has 1 atom stereocenters. The Morgan fingerprint density at radius 1 is 1.19 bits per heavy atom. The van der Waals surface area contributed by atoms with E-state index >= 15 is 0 Å². The van der Waals surface area contributed by atoms with Gasteiger partial charge < -0.3 is 14.7 Å². The second kappa shape index (κ2) is 6.91. The minimum atomic E-state index is -0.403. The first-order valence-electron chi connectivity index (χ1n) is 8.30. The number of β-amino-alcohol motifs (C(OH)–C–C–N with tert-alkyl or cyclic N) is 1. The van der Waals surface area contributed by atoms with Crippen LogP contribution >= 0.6 is 0 Å². The molecule has 1 saturated carbocycles. The largest absolute Gasteiger partial charge is 0.389 e. The van der Waals surface area contributed by atoms with Crippen molar-refractivity contribution < 1.29 is 9.84 Å². The van der Waals surface area contributed by atoms with Gasteiger partial charge in [0.25, 0.3) is 0 Å². The first-order chi connectivity index (χ1) is 10.2. The van der Waals surface area contributed by atoms with E-state index in [0.717, 1.165) is 39.1 Å². The number of hydrogen-bond acceptors (Lipinski definition) is 3. The fourth-order valence-corrected chi connectivity index (χ4v) is 3.72. The highest BCUT2D eigenvalue weighted by molar-refractivity contribution is 5.13. The van der Waals surface area contributed by atoms with E-state index < -0.39 is 5.60 Å². The molecule has 0 spiro atoms. The highest BCUT2D eigenvalue weighted by Gasteiger charge is 2.35. The maximum Gasteiger partial charge on any atom is 0.0774 e. The van der Waals surface area contributed by atoms with Crippen LogP contribution in [0.1, 0.15) is 37.7 Å². The maximum absolute atomic E-state index is 10.5. The SMILES string of the molecule is OC1(CN2CCC(COCc3ccccc3)C2)CCCC1. The summed E-state index contributed by atoms with van der Waals surface area (Å²) in [4.78, 5) is 2.43. The van der Waals surface area contributed by atoms with E-state index in [1.807, 2.05) is 6.07 Å². The average Bonchev–Trinajstić information content (AvgIpc) is 3.10. The Bertz CT molecular complexity index is 428. The molecule has 1 aromatic rings. The lowest BCUT2D eigenvalue weighted by molar-refractivity contribution is 0.0128. The first kappa shape index (κ1) is 15.0. The molecule has 2 fully saturated rings. The zero-order valence-electron chi connectivity index (χ0n) is 12.8. The molecule has 116 valence electrons. The van der Waals surface area contributed by atoms with Crippen LogP contribution in [-0.2, 0) is 11.3 Å². The van der Waals surface area contributed by atoms with Crippen LogP contribution in [0.4, 0.5) is 0 Å². The van der Waals surface area contributed by atoms with Crippen molar-refractivity contribution in [3.63, 3.8) is 0 Å². The van der Waals surface area contributed by atoms with Crippen LogP contribution in [0.15, 0.2) is 30.3 Å². The fourth-order valence-electron chi connectivity index (χ4n) is 3.72. The molecule has 0 bridgehead atoms. The van der Waals surface area contributed by atoms with Crippen LogP contribution in [0.5, 0.6) is 0 Å². The van der Waals surface area contributed by atoms with Crippen molar-refractivity contribution in [2.45, 2.75) is 44.3 Å². The molecular formula is C18H27NO2. The Kier molecular flexibility index (Phi) is 4.94. The Morgan fingerprint density at radius 2 is 1.95 bits per heavy atom. The summed E-state index contributed by atoms with van der Waals surface area (Å²) in [6.07, 6.45) is 5.55. The average molecular weight is 289 g/mol. The molecule has 0 aromatic heterocycles. The number of hydrogen-bond donors (Lipinski definition) is 1. The van der Waals surface area contributed by atoms with Crippen molar-refractivity contribution in [3.8, 4) is 0 Å². The van der Waals surface area contributed by atoms with E-state index in [4.69, 9.17) is 4.74 Å². The third kappa shape index (κ3) is 4.29. The first-order valence-corrected chi connectivity index (χ1v) is 8.30. The quantitative estimate of drug-likeness (QED) is 0.874. The summed E-state index contributed by atoms with van der Waals surface area (Å²) < 4.78 is 5.86. The molecule has 0 amide bonds. The molecule has 0 radical (unpaired) electrons. The Morgan fingerprint density at radius 3 is 2.71 bits per heavy atom. The fraction of sp³-hybridized carbons (Fsp3) is 0.667. The minimum Gasteiger partial charge on any atom is -0.389 e. The minimum absolute atomic E-state index is 0.403. The zero-order chi connectivity index (χ0) is 14.5. The standard InChI is InChI=1S/C18H27NO2/c20-18(9-4-5-10-18)15-19-11-8-17(12-19)14-21-13-16-6-2-1-3-7-16/h1-3,6-7,17,20H,4-5,8-15H2. The molecule has 1 unspecified atom stereocenters. The van der Waals surface area contributed by atoms with Crippen molar-refractivity contribution in [1.82, 2.24) is 4.90 Å². The Labute approximate surface area is 127 Å². The van der Waals surface area contributed by atoms with Gasteiger partial charge in [-0.3, -0.25) is 0 Å². The van der Waals surface area contributed by atoms with Gasteiger partial charge in [-0.15, -0.1) is 0 Å². The van der Waals surface area contributed by atoms with Crippen LogP contribution in [0.2, 0.25) is 0 Å². The summed E-state index contributed by atoms with van der Waals surface area (Å²) in [5.41, 5.74) is 0.840. The van der Waals surface area contributed by atoms with E-state index in [1.54, 1.807) is 0 Å². The summed E-state index contributed by atoms with van der Waals surface area (Å²) in [6, 6.07) is 10.4. The van der Waals surface area contributed by atoms with Gasteiger partial charge in [-0.05, 0) is 37.3 Å². The number of likely N-dealkylation sites (tertiary alicyclic amines) is 1. The summed E-state index contributed by atoms with van der Waals surface area (Å²) in [5, 5.41) is 10.5. The topological polar surface area (TPSA) is 32.7 Å². The van der Waals surface area contributed by atoms with E-state index in [0.29, 0.717) is 12.5 Å². The van der Waals surface area contributed by atoms with Crippen molar-refractivity contribution in [2.24, 2.45) is 5.92 Å². The van der Waals surface area contributed by atoms with E-state index in [2.05, 4.69) is 29.2 Å². The third-order valence-electron chi connectivity index (χ3n) is 4.89. The highest BCUT2D eigenvalue weighted by atomic mass is 16.5. The van der Waals surface area contributed by atoms with Gasteiger partial charge in [-0.25, -0.2) is 0 Å². The molecule has 1 N–H and O–H groups in total. The van der Waals surface area contributed by atoms with Crippen LogP contribution in [0.25, 0.3) is 0 Å². The van der Waals surface area contributed by atoms with Gasteiger partial charge in [-0.1, -0.05) is 43.2 Å². The zero-order valence-corrected chi connectivity index (χ0v) is 12.8. The lowest BCUT2D eigenvalue weighted by Gasteiger charge is -2.28. The summed E-state index contributed by atoms with van der Waals surface area (Å²) in [6.45, 7) is 4.60. The molecular weight excluding hydrogens is 262 g/mol. The van der Waals surface area contributed by atoms with Gasteiger partial charge in [-0.2, -0.15) is 0 Å². The number of ether oxygens (including phenoxy) is 1.